The number of carbonyl (C=O) groups is 2. The lowest BCUT2D eigenvalue weighted by atomic mass is 9.82. The summed E-state index contributed by atoms with van der Waals surface area (Å²) in [6, 6.07) is 0. The van der Waals surface area contributed by atoms with Crippen molar-refractivity contribution in [3.8, 4) is 0 Å². The average Bonchev–Trinajstić information content (AvgIpc) is 3.07. The Labute approximate surface area is 120 Å². The lowest BCUT2D eigenvalue weighted by molar-refractivity contribution is -0.153. The quantitative estimate of drug-likeness (QED) is 0.808. The molecule has 1 saturated carbocycles. The third-order valence-electron chi connectivity index (χ3n) is 4.74. The molecule has 2 fully saturated rings. The fourth-order valence-corrected chi connectivity index (χ4v) is 3.37. The largest absolute Gasteiger partial charge is 0.481 e. The van der Waals surface area contributed by atoms with E-state index in [9.17, 15) is 14.7 Å². The Morgan fingerprint density at radius 3 is 2.55 bits per heavy atom. The lowest BCUT2D eigenvalue weighted by Gasteiger charge is -2.29. The second-order valence-electron chi connectivity index (χ2n) is 6.13. The molecule has 0 aromatic carbocycles. The van der Waals surface area contributed by atoms with E-state index in [1.807, 2.05) is 11.8 Å². The highest BCUT2D eigenvalue weighted by molar-refractivity contribution is 5.85. The third kappa shape index (κ3) is 3.32. The molecule has 114 valence electrons. The average molecular weight is 283 g/mol. The summed E-state index contributed by atoms with van der Waals surface area (Å²) in [7, 11) is 0. The second-order valence-corrected chi connectivity index (χ2v) is 6.13. The van der Waals surface area contributed by atoms with Crippen LogP contribution in [0.1, 0.15) is 45.4 Å². The van der Waals surface area contributed by atoms with Crippen LogP contribution in [0.15, 0.2) is 0 Å². The predicted octanol–water partition coefficient (Wildman–Crippen LogP) is 1.91. The molecule has 1 aliphatic carbocycles. The van der Waals surface area contributed by atoms with Crippen LogP contribution in [0.4, 0.5) is 0 Å². The minimum atomic E-state index is -0.809. The summed E-state index contributed by atoms with van der Waals surface area (Å²) in [5, 5.41) is 9.46. The van der Waals surface area contributed by atoms with E-state index in [-0.39, 0.29) is 12.3 Å². The maximum atomic E-state index is 12.4. The third-order valence-corrected chi connectivity index (χ3v) is 4.74. The van der Waals surface area contributed by atoms with Crippen molar-refractivity contribution in [1.29, 1.82) is 0 Å². The van der Waals surface area contributed by atoms with E-state index in [0.29, 0.717) is 38.5 Å². The smallest absolute Gasteiger partial charge is 0.310 e. The van der Waals surface area contributed by atoms with Crippen LogP contribution in [0.3, 0.4) is 0 Å². The van der Waals surface area contributed by atoms with E-state index in [1.54, 1.807) is 0 Å². The van der Waals surface area contributed by atoms with Crippen LogP contribution >= 0.6 is 0 Å². The molecule has 1 N–H and O–H groups in total. The molecule has 0 radical (unpaired) electrons. The first kappa shape index (κ1) is 15.3. The molecule has 5 heteroatoms. The van der Waals surface area contributed by atoms with Gasteiger partial charge in [-0.3, -0.25) is 9.59 Å². The van der Waals surface area contributed by atoms with Gasteiger partial charge in [-0.25, -0.2) is 0 Å². The number of carboxylic acid groups (broad SMARTS) is 1. The van der Waals surface area contributed by atoms with Crippen LogP contribution in [0.5, 0.6) is 0 Å². The van der Waals surface area contributed by atoms with E-state index in [2.05, 4.69) is 0 Å². The Hall–Kier alpha value is -1.10. The Morgan fingerprint density at radius 2 is 2.05 bits per heavy atom. The van der Waals surface area contributed by atoms with Gasteiger partial charge in [0.2, 0.25) is 5.91 Å². The van der Waals surface area contributed by atoms with Gasteiger partial charge in [-0.05, 0) is 26.2 Å². The molecular weight excluding hydrogens is 258 g/mol. The highest BCUT2D eigenvalue weighted by Crippen LogP contribution is 2.41. The van der Waals surface area contributed by atoms with E-state index >= 15 is 0 Å². The minimum absolute atomic E-state index is 0.0105. The standard InChI is InChI=1S/C15H25NO4/c1-2-16(10-12-5-8-20-11-12)13(17)9-15(14(18)19)6-3-4-7-15/h12H,2-11H2,1H3,(H,18,19). The van der Waals surface area contributed by atoms with Crippen LogP contribution in [0.25, 0.3) is 0 Å². The van der Waals surface area contributed by atoms with E-state index in [0.717, 1.165) is 25.9 Å². The van der Waals surface area contributed by atoms with Crippen molar-refractivity contribution in [2.45, 2.75) is 45.4 Å². The normalized spacial score (nSPS) is 24.8. The molecule has 0 aromatic heterocycles. The van der Waals surface area contributed by atoms with Gasteiger partial charge in [0.1, 0.15) is 0 Å². The van der Waals surface area contributed by atoms with Gasteiger partial charge >= 0.3 is 5.97 Å². The van der Waals surface area contributed by atoms with Crippen LogP contribution in [-0.2, 0) is 14.3 Å². The predicted molar refractivity (Wildman–Crippen MR) is 74.3 cm³/mol. The van der Waals surface area contributed by atoms with Gasteiger partial charge in [0.15, 0.2) is 0 Å². The van der Waals surface area contributed by atoms with E-state index in [4.69, 9.17) is 4.74 Å². The van der Waals surface area contributed by atoms with Gasteiger partial charge in [0, 0.05) is 32.0 Å². The lowest BCUT2D eigenvalue weighted by Crippen LogP contribution is -2.40. The fourth-order valence-electron chi connectivity index (χ4n) is 3.37. The second kappa shape index (κ2) is 6.57. The van der Waals surface area contributed by atoms with Crippen LogP contribution in [0, 0.1) is 11.3 Å². The molecule has 1 aliphatic heterocycles. The van der Waals surface area contributed by atoms with Gasteiger partial charge in [0.05, 0.1) is 12.0 Å². The SMILES string of the molecule is CCN(CC1CCOC1)C(=O)CC1(C(=O)O)CCCC1. The zero-order valence-electron chi connectivity index (χ0n) is 12.3. The molecule has 1 saturated heterocycles. The van der Waals surface area contributed by atoms with Gasteiger partial charge < -0.3 is 14.7 Å². The van der Waals surface area contributed by atoms with Gasteiger partial charge in [-0.1, -0.05) is 12.8 Å². The number of ether oxygens (including phenoxy) is 1. The molecular formula is C15H25NO4. The highest BCUT2D eigenvalue weighted by Gasteiger charge is 2.43. The first-order chi connectivity index (χ1) is 9.57. The zero-order valence-corrected chi connectivity index (χ0v) is 12.3. The minimum Gasteiger partial charge on any atom is -0.481 e. The van der Waals surface area contributed by atoms with Crippen molar-refractivity contribution in [2.75, 3.05) is 26.3 Å². The molecule has 20 heavy (non-hydrogen) atoms. The molecule has 1 unspecified atom stereocenters. The molecule has 2 rings (SSSR count). The number of rotatable bonds is 6. The number of hydrogen-bond acceptors (Lipinski definition) is 3. The summed E-state index contributed by atoms with van der Waals surface area (Å²) >= 11 is 0. The summed E-state index contributed by atoms with van der Waals surface area (Å²) in [5.41, 5.74) is -0.809. The van der Waals surface area contributed by atoms with E-state index in [1.165, 1.54) is 0 Å². The molecule has 0 bridgehead atoms. The van der Waals surface area contributed by atoms with Crippen molar-refractivity contribution in [1.82, 2.24) is 4.90 Å². The summed E-state index contributed by atoms with van der Waals surface area (Å²) in [6.45, 7) is 4.79. The number of hydrogen-bond donors (Lipinski definition) is 1. The monoisotopic (exact) mass is 283 g/mol. The topological polar surface area (TPSA) is 66.8 Å². The molecule has 1 heterocycles. The van der Waals surface area contributed by atoms with Crippen LogP contribution in [-0.4, -0.2) is 48.2 Å². The number of carbonyl (C=O) groups excluding carboxylic acids is 1. The summed E-state index contributed by atoms with van der Waals surface area (Å²) < 4.78 is 5.34. The molecule has 1 amide bonds. The van der Waals surface area contributed by atoms with Crippen molar-refractivity contribution in [2.24, 2.45) is 11.3 Å². The number of aliphatic carboxylic acids is 1. The Morgan fingerprint density at radius 1 is 1.35 bits per heavy atom. The Kier molecular flexibility index (Phi) is 5.02. The molecule has 0 aromatic rings. The van der Waals surface area contributed by atoms with Crippen molar-refractivity contribution < 1.29 is 19.4 Å². The number of nitrogens with zero attached hydrogens (tertiary/aromatic N) is 1. The zero-order chi connectivity index (χ0) is 14.6. The van der Waals surface area contributed by atoms with Crippen molar-refractivity contribution >= 4 is 11.9 Å². The number of carboxylic acids is 1. The Bertz CT molecular complexity index is 357. The fraction of sp³-hybridized carbons (Fsp3) is 0.867. The summed E-state index contributed by atoms with van der Waals surface area (Å²) in [5.74, 6) is -0.407. The number of amides is 1. The van der Waals surface area contributed by atoms with Gasteiger partial charge in [0.25, 0.3) is 0 Å². The van der Waals surface area contributed by atoms with E-state index < -0.39 is 11.4 Å². The molecule has 1 atom stereocenters. The van der Waals surface area contributed by atoms with Gasteiger partial charge in [-0.2, -0.15) is 0 Å². The first-order valence-electron chi connectivity index (χ1n) is 7.66. The Balaban J connectivity index is 1.95. The van der Waals surface area contributed by atoms with Crippen LogP contribution < -0.4 is 0 Å². The van der Waals surface area contributed by atoms with Crippen LogP contribution in [0.2, 0.25) is 0 Å². The summed E-state index contributed by atoms with van der Waals surface area (Å²) in [4.78, 5) is 25.8. The first-order valence-corrected chi connectivity index (χ1v) is 7.66. The van der Waals surface area contributed by atoms with Gasteiger partial charge in [-0.15, -0.1) is 0 Å². The molecule has 2 aliphatic rings. The van der Waals surface area contributed by atoms with Crippen molar-refractivity contribution in [3.63, 3.8) is 0 Å². The van der Waals surface area contributed by atoms with Crippen molar-refractivity contribution in [3.05, 3.63) is 0 Å². The maximum absolute atomic E-state index is 12.4. The maximum Gasteiger partial charge on any atom is 0.310 e. The summed E-state index contributed by atoms with van der Waals surface area (Å²) in [6.07, 6.45) is 4.26. The molecule has 5 nitrogen and oxygen atoms in total. The molecule has 0 spiro atoms. The highest BCUT2D eigenvalue weighted by atomic mass is 16.5.